The third kappa shape index (κ3) is 4.00. The van der Waals surface area contributed by atoms with Gasteiger partial charge in [-0.05, 0) is 30.5 Å². The lowest BCUT2D eigenvalue weighted by Crippen LogP contribution is -2.32. The van der Waals surface area contributed by atoms with Gasteiger partial charge in [-0.25, -0.2) is 0 Å². The first-order valence-corrected chi connectivity index (χ1v) is 9.20. The predicted molar refractivity (Wildman–Crippen MR) is 101 cm³/mol. The van der Waals surface area contributed by atoms with E-state index in [-0.39, 0.29) is 6.10 Å². The van der Waals surface area contributed by atoms with Crippen LogP contribution in [-0.4, -0.2) is 27.4 Å². The van der Waals surface area contributed by atoms with Crippen molar-refractivity contribution in [2.24, 2.45) is 0 Å². The summed E-state index contributed by atoms with van der Waals surface area (Å²) in [7, 11) is 0. The van der Waals surface area contributed by atoms with Gasteiger partial charge in [-0.3, -0.25) is 9.67 Å². The molecule has 1 fully saturated rings. The molecule has 2 aromatic heterocycles. The van der Waals surface area contributed by atoms with Crippen LogP contribution in [0.4, 0.5) is 0 Å². The highest BCUT2D eigenvalue weighted by molar-refractivity contribution is 5.16. The van der Waals surface area contributed by atoms with Gasteiger partial charge >= 0.3 is 0 Å². The van der Waals surface area contributed by atoms with E-state index in [1.165, 1.54) is 11.3 Å². The fourth-order valence-electron chi connectivity index (χ4n) is 3.50. The summed E-state index contributed by atoms with van der Waals surface area (Å²) in [6, 6.07) is 17.0. The first kappa shape index (κ1) is 16.9. The van der Waals surface area contributed by atoms with Gasteiger partial charge in [0.2, 0.25) is 0 Å². The number of aromatic nitrogens is 3. The SMILES string of the molecule is c1ccc(CCn2nccc2CN[C@H]2CCO[C@@H]2c2cccnc2)cc1. The highest BCUT2D eigenvalue weighted by atomic mass is 16.5. The number of hydrogen-bond donors (Lipinski definition) is 1. The third-order valence-corrected chi connectivity index (χ3v) is 4.91. The number of aryl methyl sites for hydroxylation is 2. The van der Waals surface area contributed by atoms with Gasteiger partial charge in [0.15, 0.2) is 0 Å². The van der Waals surface area contributed by atoms with Crippen molar-refractivity contribution < 1.29 is 4.74 Å². The van der Waals surface area contributed by atoms with E-state index in [2.05, 4.69) is 62.5 Å². The van der Waals surface area contributed by atoms with Crippen LogP contribution in [0.25, 0.3) is 0 Å². The summed E-state index contributed by atoms with van der Waals surface area (Å²) < 4.78 is 8.02. The molecule has 134 valence electrons. The topological polar surface area (TPSA) is 52.0 Å². The molecule has 26 heavy (non-hydrogen) atoms. The van der Waals surface area contributed by atoms with Crippen LogP contribution in [0.5, 0.6) is 0 Å². The van der Waals surface area contributed by atoms with Crippen LogP contribution in [0.15, 0.2) is 67.1 Å². The van der Waals surface area contributed by atoms with Crippen molar-refractivity contribution in [3.8, 4) is 0 Å². The molecule has 0 radical (unpaired) electrons. The van der Waals surface area contributed by atoms with Crippen LogP contribution in [0.3, 0.4) is 0 Å². The predicted octanol–water partition coefficient (Wildman–Crippen LogP) is 3.14. The maximum absolute atomic E-state index is 5.93. The number of nitrogens with one attached hydrogen (secondary N) is 1. The molecule has 5 heteroatoms. The van der Waals surface area contributed by atoms with Gasteiger partial charge in [-0.15, -0.1) is 0 Å². The maximum atomic E-state index is 5.93. The fourth-order valence-corrected chi connectivity index (χ4v) is 3.50. The zero-order chi connectivity index (χ0) is 17.6. The minimum absolute atomic E-state index is 0.0735. The van der Waals surface area contributed by atoms with E-state index in [4.69, 9.17) is 4.74 Å². The van der Waals surface area contributed by atoms with Crippen molar-refractivity contribution in [3.05, 3.63) is 83.9 Å². The summed E-state index contributed by atoms with van der Waals surface area (Å²) in [4.78, 5) is 4.22. The highest BCUT2D eigenvalue weighted by Crippen LogP contribution is 2.28. The highest BCUT2D eigenvalue weighted by Gasteiger charge is 2.29. The molecule has 1 aliphatic heterocycles. The lowest BCUT2D eigenvalue weighted by atomic mass is 10.0. The number of rotatable bonds is 7. The number of ether oxygens (including phenoxy) is 1. The Bertz CT molecular complexity index is 803. The van der Waals surface area contributed by atoms with Gasteiger partial charge in [-0.1, -0.05) is 36.4 Å². The molecule has 0 unspecified atom stereocenters. The Kier molecular flexibility index (Phi) is 5.38. The van der Waals surface area contributed by atoms with Crippen molar-refractivity contribution in [3.63, 3.8) is 0 Å². The summed E-state index contributed by atoms with van der Waals surface area (Å²) in [5, 5.41) is 8.15. The lowest BCUT2D eigenvalue weighted by molar-refractivity contribution is 0.0980. The molecule has 3 aromatic rings. The molecule has 2 atom stereocenters. The van der Waals surface area contributed by atoms with Gasteiger partial charge in [0.1, 0.15) is 0 Å². The smallest absolute Gasteiger partial charge is 0.0993 e. The molecule has 0 bridgehead atoms. The Hall–Kier alpha value is -2.50. The van der Waals surface area contributed by atoms with E-state index in [1.807, 2.05) is 18.5 Å². The molecule has 4 rings (SSSR count). The van der Waals surface area contributed by atoms with Crippen LogP contribution in [-0.2, 0) is 24.2 Å². The zero-order valence-electron chi connectivity index (χ0n) is 14.8. The van der Waals surface area contributed by atoms with Gasteiger partial charge in [-0.2, -0.15) is 5.10 Å². The molecule has 0 amide bonds. The van der Waals surface area contributed by atoms with Crippen molar-refractivity contribution in [2.45, 2.75) is 38.1 Å². The molecule has 5 nitrogen and oxygen atoms in total. The Morgan fingerprint density at radius 3 is 2.85 bits per heavy atom. The van der Waals surface area contributed by atoms with Crippen LogP contribution >= 0.6 is 0 Å². The molecule has 1 aromatic carbocycles. The molecule has 1 saturated heterocycles. The lowest BCUT2D eigenvalue weighted by Gasteiger charge is -2.20. The second-order valence-corrected chi connectivity index (χ2v) is 6.64. The summed E-state index contributed by atoms with van der Waals surface area (Å²) in [5.41, 5.74) is 3.68. The van der Waals surface area contributed by atoms with Crippen LogP contribution in [0, 0.1) is 0 Å². The Morgan fingerprint density at radius 2 is 2.00 bits per heavy atom. The first-order valence-electron chi connectivity index (χ1n) is 9.20. The van der Waals surface area contributed by atoms with Gasteiger partial charge < -0.3 is 10.1 Å². The number of hydrogen-bond acceptors (Lipinski definition) is 4. The molecule has 1 N–H and O–H groups in total. The minimum atomic E-state index is 0.0735. The quantitative estimate of drug-likeness (QED) is 0.713. The zero-order valence-corrected chi connectivity index (χ0v) is 14.8. The normalized spacial score (nSPS) is 19.7. The van der Waals surface area contributed by atoms with Crippen molar-refractivity contribution in [1.29, 1.82) is 0 Å². The Labute approximate surface area is 154 Å². The van der Waals surface area contributed by atoms with Gasteiger partial charge in [0.05, 0.1) is 11.8 Å². The van der Waals surface area contributed by atoms with Gasteiger partial charge in [0, 0.05) is 49.9 Å². The van der Waals surface area contributed by atoms with Crippen molar-refractivity contribution >= 4 is 0 Å². The monoisotopic (exact) mass is 348 g/mol. The summed E-state index contributed by atoms with van der Waals surface area (Å²) >= 11 is 0. The molecule has 0 aliphatic carbocycles. The average molecular weight is 348 g/mol. The second-order valence-electron chi connectivity index (χ2n) is 6.64. The molecule has 3 heterocycles. The van der Waals surface area contributed by atoms with E-state index >= 15 is 0 Å². The Morgan fingerprint density at radius 1 is 1.08 bits per heavy atom. The average Bonchev–Trinajstić information content (AvgIpc) is 3.35. The Balaban J connectivity index is 1.35. The molecule has 1 aliphatic rings. The fraction of sp³-hybridized carbons (Fsp3) is 0.333. The molecular weight excluding hydrogens is 324 g/mol. The standard InChI is InChI=1S/C21H24N4O/c1-2-5-17(6-3-1)9-13-25-19(8-12-24-25)16-23-20-10-14-26-21(20)18-7-4-11-22-15-18/h1-8,11-12,15,20-21,23H,9-10,13-14,16H2/t20-,21+/m0/s1. The number of benzene rings is 1. The third-order valence-electron chi connectivity index (χ3n) is 4.91. The number of pyridine rings is 1. The molecular formula is C21H24N4O. The maximum Gasteiger partial charge on any atom is 0.0993 e. The van der Waals surface area contributed by atoms with Crippen molar-refractivity contribution in [1.82, 2.24) is 20.1 Å². The van der Waals surface area contributed by atoms with Crippen molar-refractivity contribution in [2.75, 3.05) is 6.61 Å². The second kappa shape index (κ2) is 8.25. The van der Waals surface area contributed by atoms with E-state index in [0.29, 0.717) is 6.04 Å². The van der Waals surface area contributed by atoms with E-state index in [9.17, 15) is 0 Å². The summed E-state index contributed by atoms with van der Waals surface area (Å²) in [5.74, 6) is 0. The largest absolute Gasteiger partial charge is 0.372 e. The first-order chi connectivity index (χ1) is 12.9. The molecule has 0 saturated carbocycles. The molecule has 0 spiro atoms. The minimum Gasteiger partial charge on any atom is -0.372 e. The van der Waals surface area contributed by atoms with Crippen LogP contribution < -0.4 is 5.32 Å². The summed E-state index contributed by atoms with van der Waals surface area (Å²) in [6.07, 6.45) is 7.65. The van der Waals surface area contributed by atoms with Gasteiger partial charge in [0.25, 0.3) is 0 Å². The number of nitrogens with zero attached hydrogens (tertiary/aromatic N) is 3. The van der Waals surface area contributed by atoms with E-state index in [1.54, 1.807) is 6.20 Å². The summed E-state index contributed by atoms with van der Waals surface area (Å²) in [6.45, 7) is 2.46. The van der Waals surface area contributed by atoms with E-state index in [0.717, 1.165) is 38.1 Å². The van der Waals surface area contributed by atoms with Crippen LogP contribution in [0.1, 0.15) is 29.3 Å². The van der Waals surface area contributed by atoms with E-state index < -0.39 is 0 Å². The van der Waals surface area contributed by atoms with Crippen LogP contribution in [0.2, 0.25) is 0 Å².